The molecule has 1 amide bonds. The Balaban J connectivity index is 1.45. The second-order valence-corrected chi connectivity index (χ2v) is 10.3. The number of anilines is 1. The summed E-state index contributed by atoms with van der Waals surface area (Å²) in [7, 11) is 0. The summed E-state index contributed by atoms with van der Waals surface area (Å²) >= 11 is 6.21. The van der Waals surface area contributed by atoms with E-state index < -0.39 is 41.6 Å². The number of pyridine rings is 1. The minimum atomic E-state index is -2.41. The van der Waals surface area contributed by atoms with Gasteiger partial charge in [-0.25, -0.2) is 19.0 Å². The number of nitrogen functional groups attached to an aromatic ring is 1. The number of aliphatic carboxylic acids is 1. The van der Waals surface area contributed by atoms with Crippen LogP contribution in [-0.4, -0.2) is 100 Å². The minimum Gasteiger partial charge on any atom is -0.479 e. The van der Waals surface area contributed by atoms with E-state index in [4.69, 9.17) is 31.9 Å². The summed E-state index contributed by atoms with van der Waals surface area (Å²) in [6.45, 7) is 3.25. The van der Waals surface area contributed by atoms with E-state index in [1.165, 1.54) is 18.2 Å². The lowest BCUT2D eigenvalue weighted by Gasteiger charge is -2.37. The first kappa shape index (κ1) is 28.9. The molecule has 212 valence electrons. The van der Waals surface area contributed by atoms with Crippen LogP contribution in [0.5, 0.6) is 5.88 Å². The van der Waals surface area contributed by atoms with Crippen LogP contribution in [0.15, 0.2) is 18.2 Å². The number of rotatable bonds is 9. The van der Waals surface area contributed by atoms with Crippen molar-refractivity contribution in [3.63, 3.8) is 0 Å². The maximum absolute atomic E-state index is 15.5. The SMILES string of the molecule is Nc1c(Cl)cc(C(=O)NCC2(F)CCN(CC3CCOC3)CC2)c2nc(OC(=O)C(O)C(O)C(=O)O)ccc12. The predicted octanol–water partition coefficient (Wildman–Crippen LogP) is 0.753. The van der Waals surface area contributed by atoms with E-state index in [-0.39, 0.29) is 46.6 Å². The van der Waals surface area contributed by atoms with E-state index in [0.29, 0.717) is 19.0 Å². The average molecular weight is 569 g/mol. The molecule has 0 aliphatic carbocycles. The van der Waals surface area contributed by atoms with Gasteiger partial charge in [-0.1, -0.05) is 11.6 Å². The Bertz CT molecular complexity index is 1250. The lowest BCUT2D eigenvalue weighted by Crippen LogP contribution is -2.49. The molecule has 0 saturated carbocycles. The van der Waals surface area contributed by atoms with Crippen molar-refractivity contribution in [3.8, 4) is 5.88 Å². The number of hydrogen-bond donors (Lipinski definition) is 5. The standard InChI is InChI=1S/C25H30ClFN4O8/c26-16-9-15(22(34)29-12-25(27)4-6-31(7-5-25)10-13-3-8-38-11-13)19-14(18(16)28)1-2-17(30-19)39-24(37)21(33)20(32)23(35)36/h1-2,9,13,20-21,32-33H,3-8,10-12,28H2,(H,29,34)(H,35,36). The molecule has 2 aromatic rings. The van der Waals surface area contributed by atoms with Gasteiger partial charge in [0.05, 0.1) is 34.9 Å². The third-order valence-corrected chi connectivity index (χ3v) is 7.36. The highest BCUT2D eigenvalue weighted by Crippen LogP contribution is 2.33. The number of amides is 1. The van der Waals surface area contributed by atoms with Crippen LogP contribution in [0.2, 0.25) is 5.02 Å². The Kier molecular flexibility index (Phi) is 8.86. The second-order valence-electron chi connectivity index (χ2n) is 9.88. The number of carboxylic acids is 1. The van der Waals surface area contributed by atoms with Crippen LogP contribution in [0.1, 0.15) is 29.6 Å². The van der Waals surface area contributed by atoms with Crippen molar-refractivity contribution in [3.05, 3.63) is 28.8 Å². The van der Waals surface area contributed by atoms with Crippen LogP contribution in [0.3, 0.4) is 0 Å². The molecule has 3 atom stereocenters. The second kappa shape index (κ2) is 12.0. The number of fused-ring (bicyclic) bond motifs is 1. The fourth-order valence-electron chi connectivity index (χ4n) is 4.66. The molecular weight excluding hydrogens is 539 g/mol. The van der Waals surface area contributed by atoms with Gasteiger partial charge >= 0.3 is 11.9 Å². The number of likely N-dealkylation sites (tertiary alicyclic amines) is 1. The van der Waals surface area contributed by atoms with Gasteiger partial charge in [-0.3, -0.25) is 4.79 Å². The number of esters is 1. The molecule has 12 nitrogen and oxygen atoms in total. The molecule has 2 fully saturated rings. The number of ether oxygens (including phenoxy) is 2. The number of alkyl halides is 1. The molecule has 3 unspecified atom stereocenters. The number of nitrogens with two attached hydrogens (primary N) is 1. The number of aliphatic hydroxyl groups excluding tert-OH is 2. The topological polar surface area (TPSA) is 185 Å². The molecule has 6 N–H and O–H groups in total. The normalized spacial score (nSPS) is 20.9. The van der Waals surface area contributed by atoms with Gasteiger partial charge in [-0.2, -0.15) is 0 Å². The molecule has 0 radical (unpaired) electrons. The van der Waals surface area contributed by atoms with Gasteiger partial charge in [-0.05, 0) is 37.3 Å². The van der Waals surface area contributed by atoms with E-state index >= 15 is 4.39 Å². The van der Waals surface area contributed by atoms with Gasteiger partial charge < -0.3 is 40.7 Å². The summed E-state index contributed by atoms with van der Waals surface area (Å²) < 4.78 is 25.8. The van der Waals surface area contributed by atoms with Crippen molar-refractivity contribution in [2.24, 2.45) is 5.92 Å². The fourth-order valence-corrected chi connectivity index (χ4v) is 4.87. The number of nitrogens with zero attached hydrogens (tertiary/aromatic N) is 2. The molecule has 14 heteroatoms. The highest BCUT2D eigenvalue weighted by Gasteiger charge is 2.36. The quantitative estimate of drug-likeness (QED) is 0.212. The summed E-state index contributed by atoms with van der Waals surface area (Å²) in [5.74, 6) is -3.92. The first-order valence-electron chi connectivity index (χ1n) is 12.4. The summed E-state index contributed by atoms with van der Waals surface area (Å²) in [5, 5.41) is 30.7. The Morgan fingerprint density at radius 1 is 1.28 bits per heavy atom. The number of hydrogen-bond acceptors (Lipinski definition) is 10. The van der Waals surface area contributed by atoms with Gasteiger partial charge in [0.2, 0.25) is 5.88 Å². The van der Waals surface area contributed by atoms with Gasteiger partial charge in [0.1, 0.15) is 5.67 Å². The van der Waals surface area contributed by atoms with E-state index in [0.717, 1.165) is 26.2 Å². The largest absolute Gasteiger partial charge is 0.479 e. The Morgan fingerprint density at radius 3 is 2.64 bits per heavy atom. The fraction of sp³-hybridized carbons (Fsp3) is 0.520. The van der Waals surface area contributed by atoms with E-state index in [2.05, 4.69) is 15.2 Å². The van der Waals surface area contributed by atoms with E-state index in [9.17, 15) is 24.6 Å². The van der Waals surface area contributed by atoms with Gasteiger partial charge in [0.25, 0.3) is 5.91 Å². The van der Waals surface area contributed by atoms with Crippen LogP contribution in [-0.2, 0) is 14.3 Å². The first-order valence-corrected chi connectivity index (χ1v) is 12.8. The van der Waals surface area contributed by atoms with Gasteiger partial charge in [0.15, 0.2) is 12.2 Å². The summed E-state index contributed by atoms with van der Waals surface area (Å²) in [5.41, 5.74) is 4.44. The molecule has 2 aliphatic rings. The van der Waals surface area contributed by atoms with Crippen molar-refractivity contribution < 1.29 is 43.6 Å². The lowest BCUT2D eigenvalue weighted by molar-refractivity contribution is -0.164. The van der Waals surface area contributed by atoms with Crippen molar-refractivity contribution in [2.75, 3.05) is 45.1 Å². The number of aromatic nitrogens is 1. The molecule has 2 aliphatic heterocycles. The molecule has 3 heterocycles. The average Bonchev–Trinajstić information content (AvgIpc) is 3.43. The van der Waals surface area contributed by atoms with Crippen molar-refractivity contribution >= 4 is 46.0 Å². The summed E-state index contributed by atoms with van der Waals surface area (Å²) in [6.07, 6.45) is -3.27. The monoisotopic (exact) mass is 568 g/mol. The Labute approximate surface area is 227 Å². The molecule has 0 bridgehead atoms. The summed E-state index contributed by atoms with van der Waals surface area (Å²) in [6, 6.07) is 3.81. The van der Waals surface area contributed by atoms with Crippen LogP contribution < -0.4 is 15.8 Å². The molecule has 1 aromatic carbocycles. The van der Waals surface area contributed by atoms with Gasteiger partial charge in [-0.15, -0.1) is 0 Å². The van der Waals surface area contributed by atoms with Crippen LogP contribution in [0, 0.1) is 5.92 Å². The third kappa shape index (κ3) is 6.73. The Hall–Kier alpha value is -3.10. The number of piperidine rings is 1. The van der Waals surface area contributed by atoms with Crippen molar-refractivity contribution in [1.82, 2.24) is 15.2 Å². The zero-order chi connectivity index (χ0) is 28.3. The van der Waals surface area contributed by atoms with E-state index in [1.807, 2.05) is 0 Å². The molecule has 4 rings (SSSR count). The number of benzene rings is 1. The number of nitrogens with one attached hydrogen (secondary N) is 1. The Morgan fingerprint density at radius 2 is 2.00 bits per heavy atom. The molecule has 39 heavy (non-hydrogen) atoms. The maximum Gasteiger partial charge on any atom is 0.345 e. The number of aliphatic hydroxyl groups is 2. The highest BCUT2D eigenvalue weighted by atomic mass is 35.5. The summed E-state index contributed by atoms with van der Waals surface area (Å²) in [4.78, 5) is 42.3. The molecule has 0 spiro atoms. The van der Waals surface area contributed by atoms with Crippen LogP contribution in [0.25, 0.3) is 10.9 Å². The zero-order valence-electron chi connectivity index (χ0n) is 20.9. The van der Waals surface area contributed by atoms with E-state index in [1.54, 1.807) is 0 Å². The number of carbonyl (C=O) groups excluding carboxylic acids is 2. The molecular formula is C25H30ClFN4O8. The van der Waals surface area contributed by atoms with Gasteiger partial charge in [0, 0.05) is 37.7 Å². The van der Waals surface area contributed by atoms with Crippen LogP contribution >= 0.6 is 11.6 Å². The number of carbonyl (C=O) groups is 3. The molecule has 2 saturated heterocycles. The van der Waals surface area contributed by atoms with Crippen molar-refractivity contribution in [1.29, 1.82) is 0 Å². The third-order valence-electron chi connectivity index (χ3n) is 7.05. The number of carboxylic acid groups (broad SMARTS) is 1. The maximum atomic E-state index is 15.5. The smallest absolute Gasteiger partial charge is 0.345 e. The number of halogens is 2. The molecule has 1 aromatic heterocycles. The predicted molar refractivity (Wildman–Crippen MR) is 137 cm³/mol. The highest BCUT2D eigenvalue weighted by molar-refractivity contribution is 6.35. The first-order chi connectivity index (χ1) is 18.5. The zero-order valence-corrected chi connectivity index (χ0v) is 21.7. The van der Waals surface area contributed by atoms with Crippen LogP contribution in [0.4, 0.5) is 10.1 Å². The van der Waals surface area contributed by atoms with Crippen molar-refractivity contribution in [2.45, 2.75) is 37.1 Å². The lowest BCUT2D eigenvalue weighted by atomic mass is 9.92. The minimum absolute atomic E-state index is 0.0190.